The van der Waals surface area contributed by atoms with Crippen LogP contribution in [0.2, 0.25) is 0 Å². The first-order valence-electron chi connectivity index (χ1n) is 9.36. The van der Waals surface area contributed by atoms with Crippen molar-refractivity contribution in [3.05, 3.63) is 76.3 Å². The van der Waals surface area contributed by atoms with Crippen molar-refractivity contribution >= 4 is 45.5 Å². The molecule has 0 spiro atoms. The minimum absolute atomic E-state index is 0.166. The summed E-state index contributed by atoms with van der Waals surface area (Å²) in [5.41, 5.74) is 4.72. The predicted octanol–water partition coefficient (Wildman–Crippen LogP) is 5.32. The molecule has 0 saturated carbocycles. The van der Waals surface area contributed by atoms with Crippen LogP contribution in [0.15, 0.2) is 58.3 Å². The van der Waals surface area contributed by atoms with E-state index in [1.807, 2.05) is 36.6 Å². The Balaban J connectivity index is 1.30. The molecule has 154 valence electrons. The van der Waals surface area contributed by atoms with Gasteiger partial charge in [0.2, 0.25) is 11.0 Å². The summed E-state index contributed by atoms with van der Waals surface area (Å²) in [6.07, 6.45) is 0.190. The van der Waals surface area contributed by atoms with E-state index in [9.17, 15) is 4.79 Å². The van der Waals surface area contributed by atoms with E-state index in [2.05, 4.69) is 38.7 Å². The Morgan fingerprint density at radius 2 is 1.90 bits per heavy atom. The van der Waals surface area contributed by atoms with Gasteiger partial charge in [-0.15, -0.1) is 21.5 Å². The molecule has 4 rings (SSSR count). The second kappa shape index (κ2) is 9.83. The van der Waals surface area contributed by atoms with E-state index in [-0.39, 0.29) is 12.3 Å². The summed E-state index contributed by atoms with van der Waals surface area (Å²) in [6, 6.07) is 17.7. The highest BCUT2D eigenvalue weighted by molar-refractivity contribution is 8.00. The first kappa shape index (κ1) is 21.2. The molecule has 0 unspecified atom stereocenters. The summed E-state index contributed by atoms with van der Waals surface area (Å²) in [5, 5.41) is 23.1. The number of rotatable bonds is 7. The Hall–Kier alpha value is -3.06. The number of amides is 1. The SMILES string of the molecule is Cc1ccc(-c2nc(CC(=O)Nc3nnc(SCc4ccc(C#N)cc4)s3)cs2)cc1. The van der Waals surface area contributed by atoms with Crippen molar-refractivity contribution in [2.24, 2.45) is 0 Å². The van der Waals surface area contributed by atoms with E-state index in [0.29, 0.717) is 10.7 Å². The van der Waals surface area contributed by atoms with Crippen molar-refractivity contribution in [2.45, 2.75) is 23.4 Å². The van der Waals surface area contributed by atoms with Gasteiger partial charge >= 0.3 is 0 Å². The summed E-state index contributed by atoms with van der Waals surface area (Å²) >= 11 is 4.41. The molecule has 0 aliphatic carbocycles. The van der Waals surface area contributed by atoms with Crippen LogP contribution < -0.4 is 5.32 Å². The monoisotopic (exact) mass is 463 g/mol. The molecular weight excluding hydrogens is 446 g/mol. The highest BCUT2D eigenvalue weighted by Crippen LogP contribution is 2.29. The Morgan fingerprint density at radius 1 is 1.13 bits per heavy atom. The van der Waals surface area contributed by atoms with Crippen LogP contribution in [0.5, 0.6) is 0 Å². The number of aryl methyl sites for hydroxylation is 1. The molecule has 31 heavy (non-hydrogen) atoms. The number of nitrogens with one attached hydrogen (secondary N) is 1. The zero-order valence-corrected chi connectivity index (χ0v) is 19.0. The smallest absolute Gasteiger partial charge is 0.232 e. The molecule has 0 fully saturated rings. The average Bonchev–Trinajstić information content (AvgIpc) is 3.42. The maximum atomic E-state index is 12.4. The van der Waals surface area contributed by atoms with E-state index in [0.717, 1.165) is 31.9 Å². The molecule has 1 amide bonds. The highest BCUT2D eigenvalue weighted by Gasteiger charge is 2.12. The van der Waals surface area contributed by atoms with E-state index < -0.39 is 0 Å². The molecule has 2 aromatic carbocycles. The van der Waals surface area contributed by atoms with Crippen molar-refractivity contribution in [1.82, 2.24) is 15.2 Å². The maximum Gasteiger partial charge on any atom is 0.232 e. The number of thiazole rings is 1. The Kier molecular flexibility index (Phi) is 6.72. The first-order valence-corrected chi connectivity index (χ1v) is 12.0. The molecule has 0 aliphatic heterocycles. The van der Waals surface area contributed by atoms with Crippen LogP contribution in [0.1, 0.15) is 22.4 Å². The third kappa shape index (κ3) is 5.76. The van der Waals surface area contributed by atoms with Crippen molar-refractivity contribution in [1.29, 1.82) is 5.26 Å². The second-order valence-corrected chi connectivity index (χ2v) is 9.76. The van der Waals surface area contributed by atoms with Gasteiger partial charge in [0.1, 0.15) is 5.01 Å². The zero-order chi connectivity index (χ0) is 21.6. The van der Waals surface area contributed by atoms with Gasteiger partial charge in [-0.3, -0.25) is 4.79 Å². The standard InChI is InChI=1S/C22H17N5OS3/c1-14-2-8-17(9-3-14)20-24-18(13-29-20)10-19(28)25-21-26-27-22(31-21)30-12-16-6-4-15(11-23)5-7-16/h2-9,13H,10,12H2,1H3,(H,25,26,28). The minimum Gasteiger partial charge on any atom is -0.300 e. The van der Waals surface area contributed by atoms with Gasteiger partial charge in [0.05, 0.1) is 23.7 Å². The van der Waals surface area contributed by atoms with Gasteiger partial charge in [-0.05, 0) is 24.6 Å². The molecule has 9 heteroatoms. The Bertz CT molecular complexity index is 1220. The molecule has 4 aromatic rings. The second-order valence-electron chi connectivity index (χ2n) is 6.71. The van der Waals surface area contributed by atoms with E-state index in [1.165, 1.54) is 28.2 Å². The molecule has 0 saturated heterocycles. The molecule has 0 atom stereocenters. The van der Waals surface area contributed by atoms with Gasteiger partial charge in [-0.1, -0.05) is 65.1 Å². The normalized spacial score (nSPS) is 10.6. The fourth-order valence-electron chi connectivity index (χ4n) is 2.68. The van der Waals surface area contributed by atoms with Crippen molar-refractivity contribution in [3.63, 3.8) is 0 Å². The van der Waals surface area contributed by atoms with Gasteiger partial charge in [0.15, 0.2) is 4.34 Å². The lowest BCUT2D eigenvalue weighted by Gasteiger charge is -1.99. The number of carbonyl (C=O) groups excluding carboxylic acids is 1. The van der Waals surface area contributed by atoms with Gasteiger partial charge in [0.25, 0.3) is 0 Å². The lowest BCUT2D eigenvalue weighted by Crippen LogP contribution is -2.14. The molecule has 6 nitrogen and oxygen atoms in total. The number of thioether (sulfide) groups is 1. The molecule has 0 bridgehead atoms. The van der Waals surface area contributed by atoms with Crippen molar-refractivity contribution < 1.29 is 4.79 Å². The number of nitriles is 1. The van der Waals surface area contributed by atoms with Crippen LogP contribution in [0.3, 0.4) is 0 Å². The van der Waals surface area contributed by atoms with E-state index >= 15 is 0 Å². The van der Waals surface area contributed by atoms with E-state index in [4.69, 9.17) is 5.26 Å². The van der Waals surface area contributed by atoms with Crippen LogP contribution in [-0.2, 0) is 17.0 Å². The number of anilines is 1. The fourth-order valence-corrected chi connectivity index (χ4v) is 5.23. The molecule has 1 N–H and O–H groups in total. The van der Waals surface area contributed by atoms with E-state index in [1.54, 1.807) is 23.9 Å². The lowest BCUT2D eigenvalue weighted by atomic mass is 10.2. The Labute approximate surface area is 192 Å². The van der Waals surface area contributed by atoms with Crippen LogP contribution in [0.4, 0.5) is 5.13 Å². The van der Waals surface area contributed by atoms with Crippen LogP contribution in [0, 0.1) is 18.3 Å². The molecule has 2 aromatic heterocycles. The summed E-state index contributed by atoms with van der Waals surface area (Å²) in [5.74, 6) is 0.551. The van der Waals surface area contributed by atoms with Crippen LogP contribution >= 0.6 is 34.4 Å². The van der Waals surface area contributed by atoms with Crippen molar-refractivity contribution in [2.75, 3.05) is 5.32 Å². The number of nitrogens with zero attached hydrogens (tertiary/aromatic N) is 4. The quantitative estimate of drug-likeness (QED) is 0.295. The molecule has 0 aliphatic rings. The fraction of sp³-hybridized carbons (Fsp3) is 0.136. The molecular formula is C22H17N5OS3. The number of carbonyl (C=O) groups is 1. The zero-order valence-electron chi connectivity index (χ0n) is 16.5. The molecule has 2 heterocycles. The summed E-state index contributed by atoms with van der Waals surface area (Å²) in [7, 11) is 0. The lowest BCUT2D eigenvalue weighted by molar-refractivity contribution is -0.115. The maximum absolute atomic E-state index is 12.4. The number of hydrogen-bond donors (Lipinski definition) is 1. The van der Waals surface area contributed by atoms with Crippen LogP contribution in [-0.4, -0.2) is 21.1 Å². The number of hydrogen-bond acceptors (Lipinski definition) is 8. The largest absolute Gasteiger partial charge is 0.300 e. The van der Waals surface area contributed by atoms with Crippen LogP contribution in [0.25, 0.3) is 10.6 Å². The summed E-state index contributed by atoms with van der Waals surface area (Å²) < 4.78 is 0.773. The third-order valence-electron chi connectivity index (χ3n) is 4.29. The summed E-state index contributed by atoms with van der Waals surface area (Å²) in [6.45, 7) is 2.05. The van der Waals surface area contributed by atoms with Gasteiger partial charge < -0.3 is 5.32 Å². The first-order chi connectivity index (χ1) is 15.1. The highest BCUT2D eigenvalue weighted by atomic mass is 32.2. The van der Waals surface area contributed by atoms with Crippen molar-refractivity contribution in [3.8, 4) is 16.6 Å². The molecule has 0 radical (unpaired) electrons. The number of benzene rings is 2. The number of aromatic nitrogens is 3. The van der Waals surface area contributed by atoms with Gasteiger partial charge in [-0.25, -0.2) is 4.98 Å². The third-order valence-corrected chi connectivity index (χ3v) is 7.27. The average molecular weight is 464 g/mol. The summed E-state index contributed by atoms with van der Waals surface area (Å²) in [4.78, 5) is 17.0. The van der Waals surface area contributed by atoms with Gasteiger partial charge in [-0.2, -0.15) is 5.26 Å². The Morgan fingerprint density at radius 3 is 2.65 bits per heavy atom. The van der Waals surface area contributed by atoms with Gasteiger partial charge in [0, 0.05) is 16.7 Å². The topological polar surface area (TPSA) is 91.6 Å². The predicted molar refractivity (Wildman–Crippen MR) is 125 cm³/mol. The minimum atomic E-state index is -0.166.